The van der Waals surface area contributed by atoms with Gasteiger partial charge in [0.25, 0.3) is 0 Å². The molecule has 2 rings (SSSR count). The fourth-order valence-corrected chi connectivity index (χ4v) is 2.23. The van der Waals surface area contributed by atoms with Crippen LogP contribution in [0, 0.1) is 5.92 Å². The Balaban J connectivity index is 1.77. The summed E-state index contributed by atoms with van der Waals surface area (Å²) in [4.78, 5) is 11.9. The third-order valence-corrected chi connectivity index (χ3v) is 3.54. The van der Waals surface area contributed by atoms with Gasteiger partial charge in [0, 0.05) is 0 Å². The van der Waals surface area contributed by atoms with Gasteiger partial charge >= 0.3 is 5.97 Å². The third kappa shape index (κ3) is 4.81. The van der Waals surface area contributed by atoms with Crippen molar-refractivity contribution in [3.8, 4) is 11.5 Å². The van der Waals surface area contributed by atoms with Crippen LogP contribution >= 0.6 is 0 Å². The molecule has 1 aliphatic carbocycles. The van der Waals surface area contributed by atoms with Crippen LogP contribution in [0.5, 0.6) is 11.5 Å². The molecule has 0 spiro atoms. The van der Waals surface area contributed by atoms with E-state index in [2.05, 4.69) is 12.2 Å². The summed E-state index contributed by atoms with van der Waals surface area (Å²) in [6.07, 6.45) is 6.85. The zero-order valence-corrected chi connectivity index (χ0v) is 12.6. The highest BCUT2D eigenvalue weighted by Crippen LogP contribution is 2.20. The third-order valence-electron chi connectivity index (χ3n) is 3.54. The minimum absolute atomic E-state index is 0.319. The average molecular weight is 290 g/mol. The molecule has 0 bridgehead atoms. The summed E-state index contributed by atoms with van der Waals surface area (Å²) in [7, 11) is 1.61. The molecule has 1 aliphatic rings. The number of ether oxygens (including phenoxy) is 3. The number of carbonyl (C=O) groups excluding carboxylic acids is 1. The quantitative estimate of drug-likeness (QED) is 0.595. The van der Waals surface area contributed by atoms with E-state index in [1.54, 1.807) is 38.3 Å². The summed E-state index contributed by atoms with van der Waals surface area (Å²) >= 11 is 0. The molecule has 114 valence electrons. The van der Waals surface area contributed by atoms with Crippen molar-refractivity contribution < 1.29 is 19.0 Å². The van der Waals surface area contributed by atoms with E-state index in [-0.39, 0.29) is 5.97 Å². The predicted molar refractivity (Wildman–Crippen MR) is 80.5 cm³/mol. The second kappa shape index (κ2) is 7.72. The second-order valence-electron chi connectivity index (χ2n) is 5.22. The molecule has 0 saturated heterocycles. The van der Waals surface area contributed by atoms with Gasteiger partial charge in [-0.05, 0) is 56.4 Å². The van der Waals surface area contributed by atoms with Crippen LogP contribution in [-0.2, 0) is 9.53 Å². The SMILES string of the molecule is COc1ccc(OC(C)C(=O)OCC2CC=CCC2)cc1. The van der Waals surface area contributed by atoms with Crippen molar-refractivity contribution in [2.45, 2.75) is 32.3 Å². The van der Waals surface area contributed by atoms with Crippen molar-refractivity contribution in [3.05, 3.63) is 36.4 Å². The molecule has 0 N–H and O–H groups in total. The number of rotatable bonds is 6. The summed E-state index contributed by atoms with van der Waals surface area (Å²) in [5.41, 5.74) is 0. The van der Waals surface area contributed by atoms with Gasteiger partial charge in [0.1, 0.15) is 11.5 Å². The molecule has 0 saturated carbocycles. The second-order valence-corrected chi connectivity index (χ2v) is 5.22. The van der Waals surface area contributed by atoms with Gasteiger partial charge in [-0.15, -0.1) is 0 Å². The topological polar surface area (TPSA) is 44.8 Å². The Morgan fingerprint density at radius 1 is 1.24 bits per heavy atom. The zero-order chi connectivity index (χ0) is 15.1. The lowest BCUT2D eigenvalue weighted by Crippen LogP contribution is -2.28. The first kappa shape index (κ1) is 15.4. The Morgan fingerprint density at radius 3 is 2.57 bits per heavy atom. The number of esters is 1. The zero-order valence-electron chi connectivity index (χ0n) is 12.6. The number of hydrogen-bond acceptors (Lipinski definition) is 4. The maximum absolute atomic E-state index is 11.9. The highest BCUT2D eigenvalue weighted by Gasteiger charge is 2.19. The van der Waals surface area contributed by atoms with Crippen LogP contribution in [0.15, 0.2) is 36.4 Å². The van der Waals surface area contributed by atoms with Crippen molar-refractivity contribution in [3.63, 3.8) is 0 Å². The van der Waals surface area contributed by atoms with E-state index in [1.165, 1.54) is 0 Å². The van der Waals surface area contributed by atoms with Crippen molar-refractivity contribution in [2.24, 2.45) is 5.92 Å². The summed E-state index contributed by atoms with van der Waals surface area (Å²) in [5, 5.41) is 0. The monoisotopic (exact) mass is 290 g/mol. The molecule has 4 heteroatoms. The number of hydrogen-bond donors (Lipinski definition) is 0. The Hall–Kier alpha value is -1.97. The molecule has 0 radical (unpaired) electrons. The van der Waals surface area contributed by atoms with E-state index in [1.807, 2.05) is 0 Å². The maximum atomic E-state index is 11.9. The van der Waals surface area contributed by atoms with Crippen molar-refractivity contribution in [1.82, 2.24) is 0 Å². The van der Waals surface area contributed by atoms with Crippen LogP contribution in [0.3, 0.4) is 0 Å². The molecule has 0 aromatic heterocycles. The lowest BCUT2D eigenvalue weighted by Gasteiger charge is -2.19. The number of allylic oxidation sites excluding steroid dienone is 2. The first-order chi connectivity index (χ1) is 10.2. The van der Waals surface area contributed by atoms with E-state index in [9.17, 15) is 4.79 Å². The molecule has 1 aromatic carbocycles. The summed E-state index contributed by atoms with van der Waals surface area (Å²) in [6.45, 7) is 2.17. The van der Waals surface area contributed by atoms with Crippen LogP contribution in [0.2, 0.25) is 0 Å². The van der Waals surface area contributed by atoms with Crippen molar-refractivity contribution >= 4 is 5.97 Å². The van der Waals surface area contributed by atoms with Crippen LogP contribution < -0.4 is 9.47 Å². The van der Waals surface area contributed by atoms with E-state index in [0.29, 0.717) is 18.3 Å². The van der Waals surface area contributed by atoms with Gasteiger partial charge in [-0.25, -0.2) is 4.79 Å². The normalized spacial score (nSPS) is 18.9. The molecule has 0 amide bonds. The first-order valence-electron chi connectivity index (χ1n) is 7.31. The lowest BCUT2D eigenvalue weighted by molar-refractivity contribution is -0.152. The van der Waals surface area contributed by atoms with Crippen LogP contribution in [0.25, 0.3) is 0 Å². The average Bonchev–Trinajstić information content (AvgIpc) is 2.54. The van der Waals surface area contributed by atoms with E-state index >= 15 is 0 Å². The largest absolute Gasteiger partial charge is 0.497 e. The van der Waals surface area contributed by atoms with Gasteiger partial charge in [0.2, 0.25) is 0 Å². The molecule has 21 heavy (non-hydrogen) atoms. The highest BCUT2D eigenvalue weighted by atomic mass is 16.6. The Morgan fingerprint density at radius 2 is 1.95 bits per heavy atom. The first-order valence-corrected chi connectivity index (χ1v) is 7.31. The molecule has 2 unspecified atom stereocenters. The number of benzene rings is 1. The highest BCUT2D eigenvalue weighted by molar-refractivity contribution is 5.74. The number of methoxy groups -OCH3 is 1. The van der Waals surface area contributed by atoms with E-state index in [0.717, 1.165) is 25.0 Å². The lowest BCUT2D eigenvalue weighted by atomic mass is 9.95. The van der Waals surface area contributed by atoms with Crippen LogP contribution in [0.1, 0.15) is 26.2 Å². The minimum atomic E-state index is -0.613. The molecule has 1 aromatic rings. The standard InChI is InChI=1S/C17H22O4/c1-13(21-16-10-8-15(19-2)9-11-16)17(18)20-12-14-6-4-3-5-7-14/h3-4,8-11,13-14H,5-7,12H2,1-2H3. The smallest absolute Gasteiger partial charge is 0.347 e. The van der Waals surface area contributed by atoms with Crippen molar-refractivity contribution in [1.29, 1.82) is 0 Å². The van der Waals surface area contributed by atoms with Gasteiger partial charge in [-0.3, -0.25) is 0 Å². The molecule has 2 atom stereocenters. The molecule has 0 fully saturated rings. The van der Waals surface area contributed by atoms with Crippen LogP contribution in [0.4, 0.5) is 0 Å². The summed E-state index contributed by atoms with van der Waals surface area (Å²) < 4.78 is 16.0. The Kier molecular flexibility index (Phi) is 5.67. The molecular formula is C17H22O4. The summed E-state index contributed by atoms with van der Waals surface area (Å²) in [5.74, 6) is 1.50. The molecular weight excluding hydrogens is 268 g/mol. The van der Waals surface area contributed by atoms with Gasteiger partial charge in [-0.2, -0.15) is 0 Å². The van der Waals surface area contributed by atoms with Gasteiger partial charge in [0.15, 0.2) is 6.10 Å². The maximum Gasteiger partial charge on any atom is 0.347 e. The Bertz CT molecular complexity index is 478. The summed E-state index contributed by atoms with van der Waals surface area (Å²) in [6, 6.07) is 7.13. The Labute approximate surface area is 125 Å². The fraction of sp³-hybridized carbons (Fsp3) is 0.471. The fourth-order valence-electron chi connectivity index (χ4n) is 2.23. The van der Waals surface area contributed by atoms with Gasteiger partial charge < -0.3 is 14.2 Å². The van der Waals surface area contributed by atoms with Gasteiger partial charge in [-0.1, -0.05) is 12.2 Å². The van der Waals surface area contributed by atoms with Crippen LogP contribution in [-0.4, -0.2) is 25.8 Å². The van der Waals surface area contributed by atoms with E-state index in [4.69, 9.17) is 14.2 Å². The molecule has 0 heterocycles. The molecule has 0 aliphatic heterocycles. The van der Waals surface area contributed by atoms with Crippen molar-refractivity contribution in [2.75, 3.05) is 13.7 Å². The number of carbonyl (C=O) groups is 1. The predicted octanol–water partition coefficient (Wildman–Crippen LogP) is 3.36. The van der Waals surface area contributed by atoms with E-state index < -0.39 is 6.10 Å². The van der Waals surface area contributed by atoms with Gasteiger partial charge in [0.05, 0.1) is 13.7 Å². The molecule has 4 nitrogen and oxygen atoms in total. The minimum Gasteiger partial charge on any atom is -0.497 e.